The van der Waals surface area contributed by atoms with Gasteiger partial charge in [0.25, 0.3) is 5.91 Å². The van der Waals surface area contributed by atoms with Crippen LogP contribution in [0.25, 0.3) is 11.2 Å². The molecule has 1 aliphatic rings. The summed E-state index contributed by atoms with van der Waals surface area (Å²) in [7, 11) is 0. The molecule has 10 heteroatoms. The van der Waals surface area contributed by atoms with Crippen LogP contribution in [0.2, 0.25) is 0 Å². The number of anilines is 1. The summed E-state index contributed by atoms with van der Waals surface area (Å²) < 4.78 is 12.9. The van der Waals surface area contributed by atoms with Crippen molar-refractivity contribution in [3.8, 4) is 11.5 Å². The maximum Gasteiger partial charge on any atom is 0.260 e. The maximum atomic E-state index is 12.7. The average Bonchev–Trinajstić information content (AvgIpc) is 3.32. The Morgan fingerprint density at radius 1 is 0.914 bits per heavy atom. The normalized spacial score (nSPS) is 13.7. The van der Waals surface area contributed by atoms with E-state index in [2.05, 4.69) is 25.2 Å². The smallest absolute Gasteiger partial charge is 0.260 e. The number of fused-ring (bicyclic) bond motifs is 1. The van der Waals surface area contributed by atoms with Crippen LogP contribution in [0.4, 0.5) is 5.82 Å². The van der Waals surface area contributed by atoms with E-state index in [-0.39, 0.29) is 12.5 Å². The molecule has 0 saturated carbocycles. The molecule has 1 saturated heterocycles. The summed E-state index contributed by atoms with van der Waals surface area (Å²) in [6.07, 6.45) is 1.55. The van der Waals surface area contributed by atoms with Gasteiger partial charge in [0.1, 0.15) is 17.8 Å². The van der Waals surface area contributed by atoms with Crippen molar-refractivity contribution in [3.63, 3.8) is 0 Å². The van der Waals surface area contributed by atoms with Crippen LogP contribution in [0.1, 0.15) is 12.5 Å². The number of carbonyl (C=O) groups is 1. The molecule has 180 valence electrons. The van der Waals surface area contributed by atoms with E-state index in [4.69, 9.17) is 9.47 Å². The fourth-order valence-electron chi connectivity index (χ4n) is 4.08. The molecule has 3 heterocycles. The highest BCUT2D eigenvalue weighted by Gasteiger charge is 2.25. The van der Waals surface area contributed by atoms with E-state index in [1.54, 1.807) is 11.0 Å². The van der Waals surface area contributed by atoms with Crippen molar-refractivity contribution in [1.82, 2.24) is 29.9 Å². The van der Waals surface area contributed by atoms with Crippen LogP contribution < -0.4 is 14.4 Å². The summed E-state index contributed by atoms with van der Waals surface area (Å²) in [5.74, 6) is 2.12. The lowest BCUT2D eigenvalue weighted by molar-refractivity contribution is -0.133. The number of benzene rings is 2. The molecule has 2 aromatic heterocycles. The Hall–Kier alpha value is -4.21. The van der Waals surface area contributed by atoms with Crippen LogP contribution in [-0.4, -0.2) is 75.2 Å². The molecule has 5 rings (SSSR count). The molecule has 1 aliphatic heterocycles. The van der Waals surface area contributed by atoms with Gasteiger partial charge in [-0.3, -0.25) is 4.79 Å². The van der Waals surface area contributed by atoms with Gasteiger partial charge in [-0.15, -0.1) is 5.10 Å². The average molecular weight is 474 g/mol. The van der Waals surface area contributed by atoms with Crippen molar-refractivity contribution in [2.24, 2.45) is 0 Å². The summed E-state index contributed by atoms with van der Waals surface area (Å²) in [4.78, 5) is 25.5. The number of rotatable bonds is 8. The third kappa shape index (κ3) is 5.16. The molecule has 35 heavy (non-hydrogen) atoms. The number of hydrogen-bond acceptors (Lipinski definition) is 8. The number of piperazine rings is 1. The summed E-state index contributed by atoms with van der Waals surface area (Å²) >= 11 is 0. The molecular weight excluding hydrogens is 446 g/mol. The molecule has 0 bridgehead atoms. The first kappa shape index (κ1) is 22.6. The number of nitrogens with zero attached hydrogens (tertiary/aromatic N) is 7. The third-order valence-corrected chi connectivity index (χ3v) is 5.88. The minimum absolute atomic E-state index is 0.000450. The van der Waals surface area contributed by atoms with Gasteiger partial charge in [-0.2, -0.15) is 0 Å². The SMILES string of the molecule is CCOc1ccc(OCC(=O)N2CCN(c3ncnc4c3nnn4Cc3ccccc3)CC2)cc1. The Kier molecular flexibility index (Phi) is 6.69. The summed E-state index contributed by atoms with van der Waals surface area (Å²) in [6.45, 7) is 5.58. The van der Waals surface area contributed by atoms with E-state index in [0.29, 0.717) is 56.2 Å². The second kappa shape index (κ2) is 10.4. The van der Waals surface area contributed by atoms with Gasteiger partial charge in [0.05, 0.1) is 13.2 Å². The molecule has 0 radical (unpaired) electrons. The lowest BCUT2D eigenvalue weighted by atomic mass is 10.2. The van der Waals surface area contributed by atoms with E-state index in [1.165, 1.54) is 0 Å². The van der Waals surface area contributed by atoms with Crippen molar-refractivity contribution < 1.29 is 14.3 Å². The Bertz CT molecular complexity index is 1270. The zero-order valence-electron chi connectivity index (χ0n) is 19.6. The highest BCUT2D eigenvalue weighted by atomic mass is 16.5. The third-order valence-electron chi connectivity index (χ3n) is 5.88. The fourth-order valence-corrected chi connectivity index (χ4v) is 4.08. The van der Waals surface area contributed by atoms with Crippen LogP contribution in [0.5, 0.6) is 11.5 Å². The molecule has 1 fully saturated rings. The van der Waals surface area contributed by atoms with E-state index in [9.17, 15) is 4.79 Å². The molecule has 0 spiro atoms. The molecule has 1 amide bonds. The highest BCUT2D eigenvalue weighted by molar-refractivity contribution is 5.83. The minimum Gasteiger partial charge on any atom is -0.494 e. The number of carbonyl (C=O) groups excluding carboxylic acids is 1. The molecule has 0 aliphatic carbocycles. The van der Waals surface area contributed by atoms with Crippen LogP contribution in [0, 0.1) is 0 Å². The Labute approximate surface area is 203 Å². The predicted molar refractivity (Wildman–Crippen MR) is 131 cm³/mol. The van der Waals surface area contributed by atoms with Crippen molar-refractivity contribution in [2.75, 3.05) is 44.3 Å². The fraction of sp³-hybridized carbons (Fsp3) is 0.320. The van der Waals surface area contributed by atoms with Gasteiger partial charge < -0.3 is 19.3 Å². The van der Waals surface area contributed by atoms with Gasteiger partial charge >= 0.3 is 0 Å². The second-order valence-electron chi connectivity index (χ2n) is 8.16. The lowest BCUT2D eigenvalue weighted by Gasteiger charge is -2.35. The Morgan fingerprint density at radius 2 is 1.63 bits per heavy atom. The largest absolute Gasteiger partial charge is 0.494 e. The first-order chi connectivity index (χ1) is 17.2. The lowest BCUT2D eigenvalue weighted by Crippen LogP contribution is -2.50. The standard InChI is InChI=1S/C25H27N7O3/c1-2-34-20-8-10-21(11-9-20)35-17-22(33)30-12-14-31(15-13-30)24-23-25(27-18-26-24)32(29-28-23)16-19-6-4-3-5-7-19/h3-11,18H,2,12-17H2,1H3. The molecule has 0 unspecified atom stereocenters. The first-order valence-electron chi connectivity index (χ1n) is 11.7. The Morgan fingerprint density at radius 3 is 2.34 bits per heavy atom. The number of hydrogen-bond donors (Lipinski definition) is 0. The molecule has 2 aromatic carbocycles. The van der Waals surface area contributed by atoms with Gasteiger partial charge in [-0.05, 0) is 36.8 Å². The number of aromatic nitrogens is 5. The highest BCUT2D eigenvalue weighted by Crippen LogP contribution is 2.22. The summed E-state index contributed by atoms with van der Waals surface area (Å²) in [6, 6.07) is 17.4. The molecule has 0 atom stereocenters. The minimum atomic E-state index is -0.0415. The number of amides is 1. The molecule has 10 nitrogen and oxygen atoms in total. The Balaban J connectivity index is 1.18. The van der Waals surface area contributed by atoms with E-state index < -0.39 is 0 Å². The van der Waals surface area contributed by atoms with E-state index in [0.717, 1.165) is 17.1 Å². The van der Waals surface area contributed by atoms with Gasteiger partial charge in [0, 0.05) is 26.2 Å². The topological polar surface area (TPSA) is 98.5 Å². The van der Waals surface area contributed by atoms with Gasteiger partial charge in [-0.25, -0.2) is 14.6 Å². The van der Waals surface area contributed by atoms with Crippen molar-refractivity contribution in [3.05, 3.63) is 66.5 Å². The van der Waals surface area contributed by atoms with Gasteiger partial charge in [0.15, 0.2) is 23.6 Å². The molecular formula is C25H27N7O3. The van der Waals surface area contributed by atoms with Crippen molar-refractivity contribution in [1.29, 1.82) is 0 Å². The second-order valence-corrected chi connectivity index (χ2v) is 8.16. The monoisotopic (exact) mass is 473 g/mol. The zero-order valence-corrected chi connectivity index (χ0v) is 19.6. The van der Waals surface area contributed by atoms with Crippen molar-refractivity contribution >= 4 is 22.9 Å². The zero-order chi connectivity index (χ0) is 24.0. The van der Waals surface area contributed by atoms with Crippen LogP contribution >= 0.6 is 0 Å². The molecule has 4 aromatic rings. The summed E-state index contributed by atoms with van der Waals surface area (Å²) in [5.41, 5.74) is 2.49. The van der Waals surface area contributed by atoms with Gasteiger partial charge in [0.2, 0.25) is 0 Å². The van der Waals surface area contributed by atoms with Crippen LogP contribution in [-0.2, 0) is 11.3 Å². The molecule has 0 N–H and O–H groups in total. The quantitative estimate of drug-likeness (QED) is 0.385. The van der Waals surface area contributed by atoms with Gasteiger partial charge in [-0.1, -0.05) is 35.5 Å². The first-order valence-corrected chi connectivity index (χ1v) is 11.7. The van der Waals surface area contributed by atoms with E-state index >= 15 is 0 Å². The summed E-state index contributed by atoms with van der Waals surface area (Å²) in [5, 5.41) is 8.67. The van der Waals surface area contributed by atoms with E-state index in [1.807, 2.05) is 66.4 Å². The van der Waals surface area contributed by atoms with Crippen LogP contribution in [0.3, 0.4) is 0 Å². The predicted octanol–water partition coefficient (Wildman–Crippen LogP) is 2.40. The van der Waals surface area contributed by atoms with Crippen molar-refractivity contribution in [2.45, 2.75) is 13.5 Å². The number of ether oxygens (including phenoxy) is 2. The van der Waals surface area contributed by atoms with Crippen LogP contribution in [0.15, 0.2) is 60.9 Å². The maximum absolute atomic E-state index is 12.7.